The molecule has 0 spiro atoms. The van der Waals surface area contributed by atoms with Gasteiger partial charge in [0.15, 0.2) is 20.5 Å². The van der Waals surface area contributed by atoms with Crippen molar-refractivity contribution in [2.75, 3.05) is 6.79 Å². The Morgan fingerprint density at radius 2 is 1.90 bits per heavy atom. The largest absolute Gasteiger partial charge is 0.454 e. The molecular weight excluding hydrogens is 284 g/mol. The minimum atomic E-state index is -1.21. The van der Waals surface area contributed by atoms with E-state index in [4.69, 9.17) is 13.9 Å². The Morgan fingerprint density at radius 1 is 1.24 bits per heavy atom. The van der Waals surface area contributed by atoms with Crippen LogP contribution < -0.4 is 9.47 Å². The Morgan fingerprint density at radius 3 is 2.52 bits per heavy atom. The fourth-order valence-corrected chi connectivity index (χ4v) is 3.76. The molecule has 1 heterocycles. The van der Waals surface area contributed by atoms with Crippen molar-refractivity contribution in [2.45, 2.75) is 52.5 Å². The van der Waals surface area contributed by atoms with Crippen LogP contribution in [0.1, 0.15) is 26.3 Å². The smallest absolute Gasteiger partial charge is 0.231 e. The lowest BCUT2D eigenvalue weighted by atomic mass is 9.84. The fourth-order valence-electron chi connectivity index (χ4n) is 2.58. The van der Waals surface area contributed by atoms with E-state index in [0.717, 1.165) is 17.1 Å². The van der Waals surface area contributed by atoms with Gasteiger partial charge in [0.1, 0.15) is 0 Å². The molecule has 2 atom stereocenters. The molecule has 1 aromatic rings. The Bertz CT molecular complexity index is 482. The number of hydrogen-bond donors (Lipinski definition) is 1. The lowest BCUT2D eigenvalue weighted by Crippen LogP contribution is -2.43. The van der Waals surface area contributed by atoms with Crippen molar-refractivity contribution in [3.05, 3.63) is 23.8 Å². The van der Waals surface area contributed by atoms with Crippen LogP contribution in [0.3, 0.4) is 0 Å². The summed E-state index contributed by atoms with van der Waals surface area (Å²) in [6.45, 7) is 10.9. The summed E-state index contributed by atoms with van der Waals surface area (Å²) < 4.78 is 16.8. The SMILES string of the molecule is C[SiH](C)O[C@@H](C(O)Cc1ccc2c(c1)OCO2)C(C)(C)C. The third-order valence-corrected chi connectivity index (χ3v) is 4.34. The number of ether oxygens (including phenoxy) is 2. The van der Waals surface area contributed by atoms with Gasteiger partial charge in [-0.25, -0.2) is 0 Å². The van der Waals surface area contributed by atoms with Crippen molar-refractivity contribution in [1.82, 2.24) is 0 Å². The molecule has 5 heteroatoms. The number of aliphatic hydroxyl groups excluding tert-OH is 1. The highest BCUT2D eigenvalue weighted by molar-refractivity contribution is 6.48. The first-order valence-electron chi connectivity index (χ1n) is 7.49. The molecular formula is C16H26O4Si. The normalized spacial score (nSPS) is 17.1. The summed E-state index contributed by atoms with van der Waals surface area (Å²) in [6.07, 6.45) is -0.130. The topological polar surface area (TPSA) is 47.9 Å². The van der Waals surface area contributed by atoms with E-state index in [2.05, 4.69) is 33.9 Å². The maximum absolute atomic E-state index is 10.6. The van der Waals surface area contributed by atoms with Crippen molar-refractivity contribution >= 4 is 9.04 Å². The molecule has 1 aliphatic rings. The van der Waals surface area contributed by atoms with Gasteiger partial charge in [-0.2, -0.15) is 0 Å². The van der Waals surface area contributed by atoms with Gasteiger partial charge >= 0.3 is 0 Å². The molecule has 1 unspecified atom stereocenters. The van der Waals surface area contributed by atoms with E-state index in [1.54, 1.807) is 0 Å². The first kappa shape index (κ1) is 16.3. The third kappa shape index (κ3) is 4.22. The van der Waals surface area contributed by atoms with Crippen LogP contribution in [0.2, 0.25) is 13.1 Å². The maximum atomic E-state index is 10.6. The summed E-state index contributed by atoms with van der Waals surface area (Å²) in [7, 11) is -1.21. The number of rotatable bonds is 5. The van der Waals surface area contributed by atoms with Gasteiger partial charge in [0, 0.05) is 6.42 Å². The summed E-state index contributed by atoms with van der Waals surface area (Å²) in [5.74, 6) is 1.53. The van der Waals surface area contributed by atoms with Gasteiger partial charge < -0.3 is 19.0 Å². The molecule has 0 aromatic heterocycles. The molecule has 0 saturated heterocycles. The van der Waals surface area contributed by atoms with Crippen LogP contribution in [0.5, 0.6) is 11.5 Å². The summed E-state index contributed by atoms with van der Waals surface area (Å²) >= 11 is 0. The number of benzene rings is 1. The quantitative estimate of drug-likeness (QED) is 0.850. The van der Waals surface area contributed by atoms with Crippen molar-refractivity contribution in [2.24, 2.45) is 5.41 Å². The first-order valence-corrected chi connectivity index (χ1v) is 10.3. The Hall–Kier alpha value is -1.04. The Balaban J connectivity index is 2.09. The molecule has 0 bridgehead atoms. The monoisotopic (exact) mass is 310 g/mol. The number of aliphatic hydroxyl groups is 1. The van der Waals surface area contributed by atoms with Gasteiger partial charge in [0.25, 0.3) is 0 Å². The predicted octanol–water partition coefficient (Wildman–Crippen LogP) is 2.73. The zero-order valence-electron chi connectivity index (χ0n) is 13.6. The Kier molecular flexibility index (Phi) is 4.96. The third-order valence-electron chi connectivity index (χ3n) is 3.50. The van der Waals surface area contributed by atoms with Gasteiger partial charge in [0.2, 0.25) is 6.79 Å². The lowest BCUT2D eigenvalue weighted by Gasteiger charge is -2.36. The summed E-state index contributed by atoms with van der Waals surface area (Å²) in [4.78, 5) is 0. The van der Waals surface area contributed by atoms with E-state index in [-0.39, 0.29) is 18.3 Å². The van der Waals surface area contributed by atoms with Gasteiger partial charge in [-0.05, 0) is 36.2 Å². The van der Waals surface area contributed by atoms with Crippen LogP contribution >= 0.6 is 0 Å². The molecule has 0 saturated carbocycles. The summed E-state index contributed by atoms with van der Waals surface area (Å²) in [6, 6.07) is 5.82. The van der Waals surface area contributed by atoms with E-state index in [9.17, 15) is 5.11 Å². The molecule has 21 heavy (non-hydrogen) atoms. The molecule has 0 amide bonds. The van der Waals surface area contributed by atoms with Crippen molar-refractivity contribution in [1.29, 1.82) is 0 Å². The zero-order valence-corrected chi connectivity index (χ0v) is 14.7. The number of fused-ring (bicyclic) bond motifs is 1. The highest BCUT2D eigenvalue weighted by Gasteiger charge is 2.33. The van der Waals surface area contributed by atoms with Gasteiger partial charge in [-0.15, -0.1) is 0 Å². The number of hydrogen-bond acceptors (Lipinski definition) is 4. The second kappa shape index (κ2) is 6.38. The fraction of sp³-hybridized carbons (Fsp3) is 0.625. The van der Waals surface area contributed by atoms with Gasteiger partial charge in [0.05, 0.1) is 12.2 Å². The second-order valence-electron chi connectivity index (χ2n) is 6.93. The minimum Gasteiger partial charge on any atom is -0.454 e. The lowest BCUT2D eigenvalue weighted by molar-refractivity contribution is -0.0276. The average molecular weight is 310 g/mol. The summed E-state index contributed by atoms with van der Waals surface area (Å²) in [5.41, 5.74) is 0.947. The molecule has 118 valence electrons. The highest BCUT2D eigenvalue weighted by atomic mass is 28.3. The average Bonchev–Trinajstić information content (AvgIpc) is 2.81. The van der Waals surface area contributed by atoms with E-state index in [0.29, 0.717) is 6.42 Å². The van der Waals surface area contributed by atoms with E-state index in [1.807, 2.05) is 18.2 Å². The van der Waals surface area contributed by atoms with Crippen LogP contribution in [-0.2, 0) is 10.8 Å². The molecule has 1 N–H and O–H groups in total. The predicted molar refractivity (Wildman–Crippen MR) is 85.5 cm³/mol. The highest BCUT2D eigenvalue weighted by Crippen LogP contribution is 2.34. The van der Waals surface area contributed by atoms with Crippen molar-refractivity contribution in [3.63, 3.8) is 0 Å². The second-order valence-corrected chi connectivity index (χ2v) is 9.30. The van der Waals surface area contributed by atoms with Gasteiger partial charge in [-0.3, -0.25) is 0 Å². The molecule has 1 aromatic carbocycles. The van der Waals surface area contributed by atoms with E-state index < -0.39 is 15.1 Å². The van der Waals surface area contributed by atoms with Crippen molar-refractivity contribution in [3.8, 4) is 11.5 Å². The van der Waals surface area contributed by atoms with Gasteiger partial charge in [-0.1, -0.05) is 26.8 Å². The molecule has 0 aliphatic carbocycles. The van der Waals surface area contributed by atoms with E-state index >= 15 is 0 Å². The van der Waals surface area contributed by atoms with Crippen LogP contribution in [0, 0.1) is 5.41 Å². The zero-order chi connectivity index (χ0) is 15.6. The van der Waals surface area contributed by atoms with Crippen LogP contribution in [-0.4, -0.2) is 33.1 Å². The molecule has 2 rings (SSSR count). The minimum absolute atomic E-state index is 0.0903. The first-order chi connectivity index (χ1) is 9.77. The molecule has 0 fully saturated rings. The Labute approximate surface area is 128 Å². The van der Waals surface area contributed by atoms with Crippen LogP contribution in [0.15, 0.2) is 18.2 Å². The molecule has 0 radical (unpaired) electrons. The van der Waals surface area contributed by atoms with Crippen molar-refractivity contribution < 1.29 is 19.0 Å². The molecule has 4 nitrogen and oxygen atoms in total. The van der Waals surface area contributed by atoms with Crippen LogP contribution in [0.4, 0.5) is 0 Å². The summed E-state index contributed by atoms with van der Waals surface area (Å²) in [5, 5.41) is 10.6. The maximum Gasteiger partial charge on any atom is 0.231 e. The van der Waals surface area contributed by atoms with E-state index in [1.165, 1.54) is 0 Å². The molecule has 1 aliphatic heterocycles. The van der Waals surface area contributed by atoms with Crippen LogP contribution in [0.25, 0.3) is 0 Å². The standard InChI is InChI=1S/C16H26O4Si/c1-16(2,3)15(20-21(4)5)12(17)8-11-6-7-13-14(9-11)19-10-18-13/h6-7,9,12,15,17,21H,8,10H2,1-5H3/t12?,15-/m0/s1.